The molecule has 130 valence electrons. The average molecular weight is 338 g/mol. The molecule has 1 aromatic heterocycles. The first-order valence-electron chi connectivity index (χ1n) is 8.40. The predicted molar refractivity (Wildman–Crippen MR) is 96.4 cm³/mol. The molecular weight excluding hydrogens is 316 g/mol. The number of amides is 2. The average Bonchev–Trinajstić information content (AvgIpc) is 2.67. The summed E-state index contributed by atoms with van der Waals surface area (Å²) in [7, 11) is 0. The summed E-state index contributed by atoms with van der Waals surface area (Å²) in [6.07, 6.45) is 2.61. The van der Waals surface area contributed by atoms with Crippen molar-refractivity contribution in [2.45, 2.75) is 13.5 Å². The van der Waals surface area contributed by atoms with Crippen LogP contribution in [0.15, 0.2) is 42.6 Å². The minimum atomic E-state index is -0.183. The molecule has 1 aliphatic rings. The summed E-state index contributed by atoms with van der Waals surface area (Å²) in [5.74, 6) is -0.183. The number of hydrogen-bond donors (Lipinski definition) is 1. The van der Waals surface area contributed by atoms with Crippen molar-refractivity contribution >= 4 is 18.0 Å². The summed E-state index contributed by atoms with van der Waals surface area (Å²) in [5, 5.41) is 2.89. The molecule has 2 amide bonds. The number of benzene rings is 1. The lowest BCUT2D eigenvalue weighted by Gasteiger charge is -2.33. The lowest BCUT2D eigenvalue weighted by Crippen LogP contribution is -2.45. The van der Waals surface area contributed by atoms with Crippen molar-refractivity contribution in [1.29, 1.82) is 0 Å². The van der Waals surface area contributed by atoms with Gasteiger partial charge in [-0.2, -0.15) is 0 Å². The summed E-state index contributed by atoms with van der Waals surface area (Å²) in [6.45, 7) is 5.49. The molecule has 1 N–H and O–H groups in total. The molecule has 0 atom stereocenters. The van der Waals surface area contributed by atoms with Gasteiger partial charge in [0.05, 0.1) is 11.9 Å². The third-order valence-electron chi connectivity index (χ3n) is 4.38. The minimum Gasteiger partial charge on any atom is -0.367 e. The molecule has 0 aliphatic carbocycles. The first-order valence-corrected chi connectivity index (χ1v) is 8.40. The van der Waals surface area contributed by atoms with Crippen molar-refractivity contribution in [3.05, 3.63) is 59.4 Å². The van der Waals surface area contributed by atoms with Crippen molar-refractivity contribution in [2.24, 2.45) is 0 Å². The topological polar surface area (TPSA) is 65.5 Å². The number of hydrogen-bond acceptors (Lipinski definition) is 4. The zero-order valence-electron chi connectivity index (χ0n) is 14.3. The van der Waals surface area contributed by atoms with Crippen molar-refractivity contribution in [3.63, 3.8) is 0 Å². The maximum Gasteiger partial charge on any atom is 0.270 e. The van der Waals surface area contributed by atoms with E-state index in [-0.39, 0.29) is 5.91 Å². The Bertz CT molecular complexity index is 720. The Morgan fingerprint density at radius 2 is 1.84 bits per heavy atom. The van der Waals surface area contributed by atoms with E-state index in [0.29, 0.717) is 25.3 Å². The first kappa shape index (κ1) is 17.0. The monoisotopic (exact) mass is 338 g/mol. The number of nitrogens with zero attached hydrogens (tertiary/aromatic N) is 3. The molecule has 2 aromatic rings. The SMILES string of the molecule is Cc1ccc(CNC(=O)c2ccc(N3CCN(C=O)CC3)cn2)cc1. The van der Waals surface area contributed by atoms with Gasteiger partial charge in [0.1, 0.15) is 5.69 Å². The van der Waals surface area contributed by atoms with E-state index in [1.807, 2.05) is 37.3 Å². The zero-order chi connectivity index (χ0) is 17.6. The van der Waals surface area contributed by atoms with E-state index in [1.165, 1.54) is 5.56 Å². The second-order valence-electron chi connectivity index (χ2n) is 6.20. The van der Waals surface area contributed by atoms with Crippen LogP contribution >= 0.6 is 0 Å². The number of piperazine rings is 1. The highest BCUT2D eigenvalue weighted by Crippen LogP contribution is 2.15. The molecule has 1 aliphatic heterocycles. The highest BCUT2D eigenvalue weighted by atomic mass is 16.2. The summed E-state index contributed by atoms with van der Waals surface area (Å²) in [6, 6.07) is 11.7. The Morgan fingerprint density at radius 1 is 1.12 bits per heavy atom. The number of pyridine rings is 1. The van der Waals surface area contributed by atoms with Crippen LogP contribution in [0.4, 0.5) is 5.69 Å². The Morgan fingerprint density at radius 3 is 2.44 bits per heavy atom. The zero-order valence-corrected chi connectivity index (χ0v) is 14.3. The molecule has 1 saturated heterocycles. The Balaban J connectivity index is 1.55. The third kappa shape index (κ3) is 4.35. The molecule has 1 fully saturated rings. The smallest absolute Gasteiger partial charge is 0.270 e. The van der Waals surface area contributed by atoms with Crippen LogP contribution in [0.3, 0.4) is 0 Å². The van der Waals surface area contributed by atoms with Crippen LogP contribution in [0.2, 0.25) is 0 Å². The normalized spacial score (nSPS) is 14.3. The maximum absolute atomic E-state index is 12.2. The van der Waals surface area contributed by atoms with E-state index < -0.39 is 0 Å². The minimum absolute atomic E-state index is 0.183. The molecule has 1 aromatic carbocycles. The number of carbonyl (C=O) groups excluding carboxylic acids is 2. The second-order valence-corrected chi connectivity index (χ2v) is 6.20. The fourth-order valence-corrected chi connectivity index (χ4v) is 2.77. The Labute approximate surface area is 147 Å². The molecule has 0 unspecified atom stereocenters. The number of nitrogens with one attached hydrogen (secondary N) is 1. The molecule has 6 heteroatoms. The standard InChI is InChI=1S/C19H22N4O2/c1-15-2-4-16(5-3-15)12-21-19(25)18-7-6-17(13-20-18)23-10-8-22(14-24)9-11-23/h2-7,13-14H,8-12H2,1H3,(H,21,25). The second kappa shape index (κ2) is 7.79. The quantitative estimate of drug-likeness (QED) is 0.841. The van der Waals surface area contributed by atoms with E-state index in [2.05, 4.69) is 15.2 Å². The van der Waals surface area contributed by atoms with E-state index in [9.17, 15) is 9.59 Å². The van der Waals surface area contributed by atoms with Gasteiger partial charge in [-0.3, -0.25) is 9.59 Å². The van der Waals surface area contributed by atoms with Crippen LogP contribution in [0.1, 0.15) is 21.6 Å². The van der Waals surface area contributed by atoms with E-state index in [4.69, 9.17) is 0 Å². The summed E-state index contributed by atoms with van der Waals surface area (Å²) < 4.78 is 0. The van der Waals surface area contributed by atoms with Crippen molar-refractivity contribution in [1.82, 2.24) is 15.2 Å². The van der Waals surface area contributed by atoms with Crippen LogP contribution in [-0.2, 0) is 11.3 Å². The van der Waals surface area contributed by atoms with Gasteiger partial charge in [0.15, 0.2) is 0 Å². The number of anilines is 1. The molecule has 3 rings (SSSR count). The molecule has 0 radical (unpaired) electrons. The van der Waals surface area contributed by atoms with Crippen molar-refractivity contribution in [3.8, 4) is 0 Å². The van der Waals surface area contributed by atoms with Crippen LogP contribution in [0, 0.1) is 6.92 Å². The summed E-state index contributed by atoms with van der Waals surface area (Å²) in [5.41, 5.74) is 3.63. The Kier molecular flexibility index (Phi) is 5.28. The fourth-order valence-electron chi connectivity index (χ4n) is 2.77. The number of rotatable bonds is 5. The van der Waals surface area contributed by atoms with E-state index >= 15 is 0 Å². The van der Waals surface area contributed by atoms with Crippen LogP contribution < -0.4 is 10.2 Å². The molecule has 0 bridgehead atoms. The molecule has 0 saturated carbocycles. The summed E-state index contributed by atoms with van der Waals surface area (Å²) in [4.78, 5) is 31.2. The highest BCUT2D eigenvalue weighted by Gasteiger charge is 2.16. The third-order valence-corrected chi connectivity index (χ3v) is 4.38. The van der Waals surface area contributed by atoms with Crippen molar-refractivity contribution < 1.29 is 9.59 Å². The van der Waals surface area contributed by atoms with Gasteiger partial charge >= 0.3 is 0 Å². The number of aryl methyl sites for hydroxylation is 1. The van der Waals surface area contributed by atoms with Gasteiger partial charge < -0.3 is 15.1 Å². The van der Waals surface area contributed by atoms with Gasteiger partial charge in [-0.1, -0.05) is 29.8 Å². The van der Waals surface area contributed by atoms with Crippen LogP contribution in [0.25, 0.3) is 0 Å². The van der Waals surface area contributed by atoms with Gasteiger partial charge in [0, 0.05) is 32.7 Å². The molecule has 6 nitrogen and oxygen atoms in total. The summed E-state index contributed by atoms with van der Waals surface area (Å²) >= 11 is 0. The molecule has 2 heterocycles. The fraction of sp³-hybridized carbons (Fsp3) is 0.316. The predicted octanol–water partition coefficient (Wildman–Crippen LogP) is 1.60. The van der Waals surface area contributed by atoms with Crippen molar-refractivity contribution in [2.75, 3.05) is 31.1 Å². The van der Waals surface area contributed by atoms with E-state index in [1.54, 1.807) is 17.2 Å². The van der Waals surface area contributed by atoms with E-state index in [0.717, 1.165) is 30.8 Å². The van der Waals surface area contributed by atoms with Gasteiger partial charge in [0.25, 0.3) is 5.91 Å². The largest absolute Gasteiger partial charge is 0.367 e. The van der Waals surface area contributed by atoms with Gasteiger partial charge in [-0.15, -0.1) is 0 Å². The lowest BCUT2D eigenvalue weighted by molar-refractivity contribution is -0.118. The number of carbonyl (C=O) groups is 2. The number of aromatic nitrogens is 1. The molecule has 25 heavy (non-hydrogen) atoms. The Hall–Kier alpha value is -2.89. The van der Waals surface area contributed by atoms with Gasteiger partial charge in [-0.25, -0.2) is 4.98 Å². The van der Waals surface area contributed by atoms with Gasteiger partial charge in [0.2, 0.25) is 6.41 Å². The highest BCUT2D eigenvalue weighted by molar-refractivity contribution is 5.92. The van der Waals surface area contributed by atoms with Crippen LogP contribution in [0.5, 0.6) is 0 Å². The molecular formula is C19H22N4O2. The lowest BCUT2D eigenvalue weighted by atomic mass is 10.1. The first-order chi connectivity index (χ1) is 12.2. The van der Waals surface area contributed by atoms with Crippen LogP contribution in [-0.4, -0.2) is 48.4 Å². The maximum atomic E-state index is 12.2. The van der Waals surface area contributed by atoms with Gasteiger partial charge in [-0.05, 0) is 24.6 Å². The molecule has 0 spiro atoms.